The number of hydrogen-bond donors (Lipinski definition) is 2. The van der Waals surface area contributed by atoms with Gasteiger partial charge in [-0.1, -0.05) is 23.2 Å². The Morgan fingerprint density at radius 2 is 1.95 bits per heavy atom. The third-order valence-corrected chi connectivity index (χ3v) is 3.04. The molecule has 0 radical (unpaired) electrons. The van der Waals surface area contributed by atoms with Gasteiger partial charge >= 0.3 is 5.97 Å². The number of aromatic nitrogens is 1. The predicted molar refractivity (Wildman–Crippen MR) is 75.6 cm³/mol. The van der Waals surface area contributed by atoms with Crippen LogP contribution in [0.5, 0.6) is 0 Å². The number of halogens is 3. The maximum atomic E-state index is 13.4. The Morgan fingerprint density at radius 1 is 1.24 bits per heavy atom. The van der Waals surface area contributed by atoms with Gasteiger partial charge in [0.2, 0.25) is 5.95 Å². The van der Waals surface area contributed by atoms with Crippen molar-refractivity contribution in [3.05, 3.63) is 57.6 Å². The number of nitrogens with zero attached hydrogens (tertiary/aromatic N) is 1. The van der Waals surface area contributed by atoms with E-state index in [9.17, 15) is 14.0 Å². The van der Waals surface area contributed by atoms with E-state index in [0.717, 1.165) is 6.07 Å². The second-order valence-corrected chi connectivity index (χ2v) is 4.75. The second-order valence-electron chi connectivity index (χ2n) is 3.91. The van der Waals surface area contributed by atoms with E-state index in [1.807, 2.05) is 0 Å². The van der Waals surface area contributed by atoms with Crippen molar-refractivity contribution in [3.8, 4) is 0 Å². The molecular weight excluding hydrogens is 322 g/mol. The molecule has 0 saturated carbocycles. The predicted octanol–water partition coefficient (Wildman–Crippen LogP) is 3.48. The molecule has 1 aromatic carbocycles. The summed E-state index contributed by atoms with van der Waals surface area (Å²) in [5.74, 6) is -3.18. The molecular formula is C13H7Cl2FN2O3. The van der Waals surface area contributed by atoms with Gasteiger partial charge in [0.1, 0.15) is 0 Å². The van der Waals surface area contributed by atoms with Gasteiger partial charge in [0.15, 0.2) is 0 Å². The van der Waals surface area contributed by atoms with Gasteiger partial charge < -0.3 is 10.4 Å². The molecule has 0 unspecified atom stereocenters. The topological polar surface area (TPSA) is 79.3 Å². The van der Waals surface area contributed by atoms with Crippen molar-refractivity contribution < 1.29 is 19.1 Å². The highest BCUT2D eigenvalue weighted by molar-refractivity contribution is 6.38. The molecule has 1 amide bonds. The number of carbonyl (C=O) groups is 2. The van der Waals surface area contributed by atoms with Crippen LogP contribution in [-0.4, -0.2) is 22.0 Å². The van der Waals surface area contributed by atoms with Gasteiger partial charge in [-0.05, 0) is 24.3 Å². The van der Waals surface area contributed by atoms with Gasteiger partial charge in [-0.2, -0.15) is 4.39 Å². The average molecular weight is 329 g/mol. The second kappa shape index (κ2) is 6.07. The molecule has 0 spiro atoms. The zero-order valence-corrected chi connectivity index (χ0v) is 11.7. The van der Waals surface area contributed by atoms with Crippen LogP contribution in [-0.2, 0) is 0 Å². The van der Waals surface area contributed by atoms with Crippen molar-refractivity contribution >= 4 is 40.8 Å². The summed E-state index contributed by atoms with van der Waals surface area (Å²) in [5, 5.41) is 11.4. The molecule has 0 fully saturated rings. The number of benzene rings is 1. The van der Waals surface area contributed by atoms with Gasteiger partial charge in [-0.15, -0.1) is 0 Å². The van der Waals surface area contributed by atoms with Crippen molar-refractivity contribution in [3.63, 3.8) is 0 Å². The summed E-state index contributed by atoms with van der Waals surface area (Å²) in [6.45, 7) is 0. The van der Waals surface area contributed by atoms with Gasteiger partial charge in [0, 0.05) is 11.2 Å². The SMILES string of the molecule is O=C(Nc1c(Cl)cc(Cl)cc1C(=O)O)c1cccnc1F. The van der Waals surface area contributed by atoms with E-state index in [1.54, 1.807) is 0 Å². The van der Waals surface area contributed by atoms with Crippen LogP contribution in [0.4, 0.5) is 10.1 Å². The van der Waals surface area contributed by atoms with E-state index in [0.29, 0.717) is 0 Å². The number of anilines is 1. The fraction of sp³-hybridized carbons (Fsp3) is 0. The van der Waals surface area contributed by atoms with Crippen LogP contribution < -0.4 is 5.32 Å². The maximum Gasteiger partial charge on any atom is 0.337 e. The van der Waals surface area contributed by atoms with E-state index in [2.05, 4.69) is 10.3 Å². The number of nitrogens with one attached hydrogen (secondary N) is 1. The molecule has 2 N–H and O–H groups in total. The molecule has 2 rings (SSSR count). The Morgan fingerprint density at radius 3 is 2.57 bits per heavy atom. The number of carboxylic acids is 1. The van der Waals surface area contributed by atoms with Crippen LogP contribution >= 0.6 is 23.2 Å². The Hall–Kier alpha value is -2.18. The third-order valence-electron chi connectivity index (χ3n) is 2.53. The van der Waals surface area contributed by atoms with Crippen LogP contribution in [0, 0.1) is 5.95 Å². The van der Waals surface area contributed by atoms with Crippen molar-refractivity contribution in [1.29, 1.82) is 0 Å². The molecule has 21 heavy (non-hydrogen) atoms. The minimum atomic E-state index is -1.33. The van der Waals surface area contributed by atoms with Crippen LogP contribution in [0.15, 0.2) is 30.5 Å². The molecule has 0 aliphatic carbocycles. The Labute approximate surface area is 128 Å². The van der Waals surface area contributed by atoms with Crippen molar-refractivity contribution in [2.75, 3.05) is 5.32 Å². The Kier molecular flexibility index (Phi) is 4.40. The van der Waals surface area contributed by atoms with Crippen LogP contribution in [0.1, 0.15) is 20.7 Å². The quantitative estimate of drug-likeness (QED) is 0.845. The Balaban J connectivity index is 2.42. The molecule has 0 aliphatic heterocycles. The molecule has 1 aromatic heterocycles. The molecule has 108 valence electrons. The van der Waals surface area contributed by atoms with E-state index in [4.69, 9.17) is 28.3 Å². The van der Waals surface area contributed by atoms with E-state index in [1.165, 1.54) is 24.4 Å². The maximum absolute atomic E-state index is 13.4. The minimum absolute atomic E-state index is 0.0717. The van der Waals surface area contributed by atoms with Crippen molar-refractivity contribution in [2.24, 2.45) is 0 Å². The summed E-state index contributed by atoms with van der Waals surface area (Å²) in [6, 6.07) is 4.98. The molecule has 8 heteroatoms. The number of hydrogen-bond acceptors (Lipinski definition) is 3. The van der Waals surface area contributed by atoms with E-state index >= 15 is 0 Å². The van der Waals surface area contributed by atoms with Gasteiger partial charge in [-0.25, -0.2) is 9.78 Å². The zero-order valence-electron chi connectivity index (χ0n) is 10.2. The van der Waals surface area contributed by atoms with Crippen LogP contribution in [0.25, 0.3) is 0 Å². The first-order chi connectivity index (χ1) is 9.90. The molecule has 1 heterocycles. The molecule has 0 atom stereocenters. The normalized spacial score (nSPS) is 10.2. The van der Waals surface area contributed by atoms with Crippen molar-refractivity contribution in [2.45, 2.75) is 0 Å². The summed E-state index contributed by atoms with van der Waals surface area (Å²) in [4.78, 5) is 26.5. The first kappa shape index (κ1) is 15.2. The van der Waals surface area contributed by atoms with E-state index in [-0.39, 0.29) is 26.9 Å². The number of rotatable bonds is 3. The van der Waals surface area contributed by atoms with E-state index < -0.39 is 17.8 Å². The highest BCUT2D eigenvalue weighted by Crippen LogP contribution is 2.30. The highest BCUT2D eigenvalue weighted by Gasteiger charge is 2.19. The lowest BCUT2D eigenvalue weighted by Gasteiger charge is -2.11. The molecule has 5 nitrogen and oxygen atoms in total. The minimum Gasteiger partial charge on any atom is -0.478 e. The number of aromatic carboxylic acids is 1. The zero-order chi connectivity index (χ0) is 15.6. The molecule has 2 aromatic rings. The van der Waals surface area contributed by atoms with Gasteiger partial charge in [-0.3, -0.25) is 4.79 Å². The lowest BCUT2D eigenvalue weighted by atomic mass is 10.1. The number of carboxylic acid groups (broad SMARTS) is 1. The number of amides is 1. The average Bonchev–Trinajstić information content (AvgIpc) is 2.41. The standard InChI is InChI=1S/C13H7Cl2FN2O3/c14-6-4-8(13(20)21)10(9(15)5-6)18-12(19)7-2-1-3-17-11(7)16/h1-5H,(H,18,19)(H,20,21). The number of carbonyl (C=O) groups excluding carboxylic acids is 1. The highest BCUT2D eigenvalue weighted by atomic mass is 35.5. The fourth-order valence-corrected chi connectivity index (χ4v) is 2.15. The smallest absolute Gasteiger partial charge is 0.337 e. The summed E-state index contributed by atoms with van der Waals surface area (Å²) >= 11 is 11.6. The largest absolute Gasteiger partial charge is 0.478 e. The molecule has 0 saturated heterocycles. The fourth-order valence-electron chi connectivity index (χ4n) is 1.61. The summed E-state index contributed by atoms with van der Waals surface area (Å²) < 4.78 is 13.4. The lowest BCUT2D eigenvalue weighted by Crippen LogP contribution is -2.17. The van der Waals surface area contributed by atoms with Crippen molar-refractivity contribution in [1.82, 2.24) is 4.98 Å². The first-order valence-electron chi connectivity index (χ1n) is 5.54. The monoisotopic (exact) mass is 328 g/mol. The van der Waals surface area contributed by atoms with Crippen LogP contribution in [0.2, 0.25) is 10.0 Å². The third kappa shape index (κ3) is 3.29. The summed E-state index contributed by atoms with van der Waals surface area (Å²) in [7, 11) is 0. The molecule has 0 bridgehead atoms. The lowest BCUT2D eigenvalue weighted by molar-refractivity contribution is 0.0698. The Bertz CT molecular complexity index is 737. The number of pyridine rings is 1. The first-order valence-corrected chi connectivity index (χ1v) is 6.30. The van der Waals surface area contributed by atoms with Gasteiger partial charge in [0.25, 0.3) is 5.91 Å². The molecule has 0 aliphatic rings. The van der Waals surface area contributed by atoms with Crippen LogP contribution in [0.3, 0.4) is 0 Å². The summed E-state index contributed by atoms with van der Waals surface area (Å²) in [6.07, 6.45) is 1.18. The summed E-state index contributed by atoms with van der Waals surface area (Å²) in [5.41, 5.74) is -0.799. The van der Waals surface area contributed by atoms with Gasteiger partial charge in [0.05, 0.1) is 21.8 Å².